The number of halogens is 2. The Morgan fingerprint density at radius 3 is 2.27 bits per heavy atom. The topological polar surface area (TPSA) is 12.0 Å². The standard InChI is InChI=1S/C12H17F2N/c1-3-15-11(12(13)14)8-10-6-4-9(2)5-7-10/h4-7,11-12,15H,3,8H2,1-2H3. The molecule has 1 unspecified atom stereocenters. The Balaban J connectivity index is 2.61. The maximum atomic E-state index is 12.6. The van der Waals surface area contributed by atoms with Gasteiger partial charge in [0.2, 0.25) is 0 Å². The molecule has 0 aliphatic carbocycles. The average molecular weight is 213 g/mol. The first-order chi connectivity index (χ1) is 7.13. The first kappa shape index (κ1) is 12.1. The van der Waals surface area contributed by atoms with Crippen LogP contribution in [-0.2, 0) is 6.42 Å². The van der Waals surface area contributed by atoms with Crippen LogP contribution < -0.4 is 5.32 Å². The zero-order chi connectivity index (χ0) is 11.3. The van der Waals surface area contributed by atoms with E-state index in [4.69, 9.17) is 0 Å². The zero-order valence-electron chi connectivity index (χ0n) is 9.13. The van der Waals surface area contributed by atoms with Crippen LogP contribution in [0.5, 0.6) is 0 Å². The molecule has 0 fully saturated rings. The summed E-state index contributed by atoms with van der Waals surface area (Å²) >= 11 is 0. The summed E-state index contributed by atoms with van der Waals surface area (Å²) in [6.07, 6.45) is -1.93. The molecule has 15 heavy (non-hydrogen) atoms. The molecule has 0 saturated heterocycles. The number of likely N-dealkylation sites (N-methyl/N-ethyl adjacent to an activating group) is 1. The van der Waals surface area contributed by atoms with Gasteiger partial charge in [-0.05, 0) is 25.5 Å². The smallest absolute Gasteiger partial charge is 0.254 e. The summed E-state index contributed by atoms with van der Waals surface area (Å²) in [4.78, 5) is 0. The van der Waals surface area contributed by atoms with Crippen molar-refractivity contribution >= 4 is 0 Å². The Bertz CT molecular complexity index is 282. The number of alkyl halides is 2. The van der Waals surface area contributed by atoms with E-state index in [1.165, 1.54) is 0 Å². The third-order valence-corrected chi connectivity index (χ3v) is 2.35. The number of hydrogen-bond acceptors (Lipinski definition) is 1. The summed E-state index contributed by atoms with van der Waals surface area (Å²) in [7, 11) is 0. The van der Waals surface area contributed by atoms with Gasteiger partial charge in [0.05, 0.1) is 6.04 Å². The number of hydrogen-bond donors (Lipinski definition) is 1. The van der Waals surface area contributed by atoms with Crippen molar-refractivity contribution in [3.8, 4) is 0 Å². The van der Waals surface area contributed by atoms with E-state index in [9.17, 15) is 8.78 Å². The molecule has 1 aromatic carbocycles. The molecule has 0 heterocycles. The summed E-state index contributed by atoms with van der Waals surface area (Å²) in [5.41, 5.74) is 2.10. The zero-order valence-corrected chi connectivity index (χ0v) is 9.13. The molecule has 1 nitrogen and oxygen atoms in total. The highest BCUT2D eigenvalue weighted by Gasteiger charge is 2.18. The molecule has 1 atom stereocenters. The molecule has 84 valence electrons. The van der Waals surface area contributed by atoms with E-state index in [0.717, 1.165) is 11.1 Å². The minimum Gasteiger partial charge on any atom is -0.309 e. The third-order valence-electron chi connectivity index (χ3n) is 2.35. The van der Waals surface area contributed by atoms with E-state index >= 15 is 0 Å². The Morgan fingerprint density at radius 1 is 1.20 bits per heavy atom. The Labute approximate surface area is 89.5 Å². The molecule has 0 bridgehead atoms. The second-order valence-electron chi connectivity index (χ2n) is 3.69. The lowest BCUT2D eigenvalue weighted by atomic mass is 10.0. The SMILES string of the molecule is CCNC(Cc1ccc(C)cc1)C(F)F. The number of nitrogens with one attached hydrogen (secondary N) is 1. The van der Waals surface area contributed by atoms with Crippen LogP contribution in [0.15, 0.2) is 24.3 Å². The van der Waals surface area contributed by atoms with Gasteiger partial charge in [0.25, 0.3) is 6.43 Å². The highest BCUT2D eigenvalue weighted by Crippen LogP contribution is 2.10. The minimum absolute atomic E-state index is 0.381. The van der Waals surface area contributed by atoms with Crippen LogP contribution in [0.1, 0.15) is 18.1 Å². The van der Waals surface area contributed by atoms with Gasteiger partial charge in [-0.2, -0.15) is 0 Å². The van der Waals surface area contributed by atoms with Gasteiger partial charge in [-0.15, -0.1) is 0 Å². The van der Waals surface area contributed by atoms with E-state index in [2.05, 4.69) is 5.32 Å². The predicted molar refractivity (Wildman–Crippen MR) is 58.4 cm³/mol. The highest BCUT2D eigenvalue weighted by atomic mass is 19.3. The number of aryl methyl sites for hydroxylation is 1. The fourth-order valence-electron chi connectivity index (χ4n) is 1.49. The molecular formula is C12H17F2N. The highest BCUT2D eigenvalue weighted by molar-refractivity contribution is 5.22. The van der Waals surface area contributed by atoms with Crippen molar-refractivity contribution in [2.75, 3.05) is 6.54 Å². The quantitative estimate of drug-likeness (QED) is 0.793. The van der Waals surface area contributed by atoms with Crippen molar-refractivity contribution in [3.63, 3.8) is 0 Å². The molecule has 0 saturated carbocycles. The molecule has 1 rings (SSSR count). The molecule has 0 aliphatic rings. The van der Waals surface area contributed by atoms with E-state index in [0.29, 0.717) is 13.0 Å². The summed E-state index contributed by atoms with van der Waals surface area (Å²) in [6, 6.07) is 6.97. The molecule has 0 amide bonds. The van der Waals surface area contributed by atoms with Gasteiger partial charge < -0.3 is 5.32 Å². The van der Waals surface area contributed by atoms with E-state index < -0.39 is 12.5 Å². The molecule has 0 radical (unpaired) electrons. The first-order valence-corrected chi connectivity index (χ1v) is 5.20. The normalized spacial score (nSPS) is 13.1. The molecule has 1 N–H and O–H groups in total. The Hall–Kier alpha value is -0.960. The largest absolute Gasteiger partial charge is 0.309 e. The second-order valence-corrected chi connectivity index (χ2v) is 3.69. The molecule has 0 aliphatic heterocycles. The van der Waals surface area contributed by atoms with Gasteiger partial charge in [0.1, 0.15) is 0 Å². The van der Waals surface area contributed by atoms with Gasteiger partial charge in [-0.3, -0.25) is 0 Å². The van der Waals surface area contributed by atoms with Crippen molar-refractivity contribution in [2.45, 2.75) is 32.7 Å². The van der Waals surface area contributed by atoms with Crippen LogP contribution >= 0.6 is 0 Å². The summed E-state index contributed by atoms with van der Waals surface area (Å²) < 4.78 is 25.2. The van der Waals surface area contributed by atoms with Gasteiger partial charge in [0, 0.05) is 0 Å². The van der Waals surface area contributed by atoms with Crippen LogP contribution in [0.25, 0.3) is 0 Å². The minimum atomic E-state index is -2.31. The summed E-state index contributed by atoms with van der Waals surface area (Å²) in [5, 5.41) is 2.80. The lowest BCUT2D eigenvalue weighted by Crippen LogP contribution is -2.37. The van der Waals surface area contributed by atoms with Crippen LogP contribution in [0.4, 0.5) is 8.78 Å². The third kappa shape index (κ3) is 3.96. The van der Waals surface area contributed by atoms with Crippen LogP contribution in [-0.4, -0.2) is 19.0 Å². The molecule has 3 heteroatoms. The number of benzene rings is 1. The fraction of sp³-hybridized carbons (Fsp3) is 0.500. The van der Waals surface area contributed by atoms with E-state index in [1.54, 1.807) is 0 Å². The van der Waals surface area contributed by atoms with Gasteiger partial charge in [-0.1, -0.05) is 36.8 Å². The van der Waals surface area contributed by atoms with Crippen LogP contribution in [0.2, 0.25) is 0 Å². The van der Waals surface area contributed by atoms with Crippen LogP contribution in [0, 0.1) is 6.92 Å². The lowest BCUT2D eigenvalue weighted by molar-refractivity contribution is 0.0991. The van der Waals surface area contributed by atoms with Gasteiger partial charge in [0.15, 0.2) is 0 Å². The summed E-state index contributed by atoms with van der Waals surface area (Å²) in [6.45, 7) is 4.39. The van der Waals surface area contributed by atoms with Crippen molar-refractivity contribution in [1.29, 1.82) is 0 Å². The predicted octanol–water partition coefficient (Wildman–Crippen LogP) is 2.78. The van der Waals surface area contributed by atoms with E-state index in [1.807, 2.05) is 38.1 Å². The maximum Gasteiger partial charge on any atom is 0.254 e. The van der Waals surface area contributed by atoms with Gasteiger partial charge in [-0.25, -0.2) is 8.78 Å². The molecule has 0 aromatic heterocycles. The first-order valence-electron chi connectivity index (χ1n) is 5.20. The second kappa shape index (κ2) is 5.81. The maximum absolute atomic E-state index is 12.6. The van der Waals surface area contributed by atoms with Crippen LogP contribution in [0.3, 0.4) is 0 Å². The van der Waals surface area contributed by atoms with Crippen molar-refractivity contribution in [3.05, 3.63) is 35.4 Å². The molecule has 1 aromatic rings. The lowest BCUT2D eigenvalue weighted by Gasteiger charge is -2.16. The van der Waals surface area contributed by atoms with Crippen molar-refractivity contribution < 1.29 is 8.78 Å². The fourth-order valence-corrected chi connectivity index (χ4v) is 1.49. The molecular weight excluding hydrogens is 196 g/mol. The molecule has 0 spiro atoms. The Kier molecular flexibility index (Phi) is 4.69. The average Bonchev–Trinajstić information content (AvgIpc) is 2.20. The van der Waals surface area contributed by atoms with Gasteiger partial charge >= 0.3 is 0 Å². The van der Waals surface area contributed by atoms with E-state index in [-0.39, 0.29) is 0 Å². The monoisotopic (exact) mass is 213 g/mol. The summed E-state index contributed by atoms with van der Waals surface area (Å²) in [5.74, 6) is 0. The number of rotatable bonds is 5. The Morgan fingerprint density at radius 2 is 1.80 bits per heavy atom. The van der Waals surface area contributed by atoms with Crippen molar-refractivity contribution in [1.82, 2.24) is 5.32 Å². The van der Waals surface area contributed by atoms with Crippen molar-refractivity contribution in [2.24, 2.45) is 0 Å².